The van der Waals surface area contributed by atoms with Crippen LogP contribution in [0, 0.1) is 20.8 Å². The summed E-state index contributed by atoms with van der Waals surface area (Å²) in [5, 5.41) is 10.3. The van der Waals surface area contributed by atoms with Crippen molar-refractivity contribution in [1.82, 2.24) is 20.0 Å². The van der Waals surface area contributed by atoms with Crippen LogP contribution in [0.2, 0.25) is 0 Å². The van der Waals surface area contributed by atoms with Gasteiger partial charge in [0.05, 0.1) is 22.8 Å². The number of carbonyl (C=O) groups is 3. The summed E-state index contributed by atoms with van der Waals surface area (Å²) in [4.78, 5) is 39.9. The minimum absolute atomic E-state index is 0.342. The quantitative estimate of drug-likeness (QED) is 0.588. The smallest absolute Gasteiger partial charge is 0.323 e. The summed E-state index contributed by atoms with van der Waals surface area (Å²) >= 11 is 0. The molecule has 34 heavy (non-hydrogen) atoms. The summed E-state index contributed by atoms with van der Waals surface area (Å²) < 4.78 is 1.77. The number of nitrogens with one attached hydrogen (secondary N) is 2. The molecule has 1 aliphatic heterocycles. The number of nitrogens with zero attached hydrogens (tertiary/aromatic N) is 3. The number of urea groups is 1. The van der Waals surface area contributed by atoms with Gasteiger partial charge in [0.25, 0.3) is 5.91 Å². The minimum Gasteiger partial charge on any atom is -0.323 e. The molecular weight excluding hydrogens is 430 g/mol. The van der Waals surface area contributed by atoms with Crippen LogP contribution in [0.5, 0.6) is 0 Å². The molecule has 4 amide bonds. The lowest BCUT2D eigenvalue weighted by Crippen LogP contribution is -2.51. The van der Waals surface area contributed by atoms with Gasteiger partial charge in [-0.05, 0) is 56.9 Å². The fourth-order valence-corrected chi connectivity index (χ4v) is 4.93. The highest BCUT2D eigenvalue weighted by Crippen LogP contribution is 2.33. The third-order valence-corrected chi connectivity index (χ3v) is 6.81. The first-order valence-corrected chi connectivity index (χ1v) is 11.4. The monoisotopic (exact) mass is 457 g/mol. The van der Waals surface area contributed by atoms with Crippen LogP contribution in [0.4, 0.5) is 10.5 Å². The molecule has 1 aromatic heterocycles. The summed E-state index contributed by atoms with van der Waals surface area (Å²) in [6.07, 6.45) is 1.67. The van der Waals surface area contributed by atoms with Gasteiger partial charge in [-0.3, -0.25) is 14.5 Å². The van der Waals surface area contributed by atoms with Crippen molar-refractivity contribution in [2.24, 2.45) is 0 Å². The van der Waals surface area contributed by atoms with Crippen LogP contribution in [-0.4, -0.2) is 44.6 Å². The Kier molecular flexibility index (Phi) is 5.23. The lowest BCUT2D eigenvalue weighted by molar-refractivity contribution is -0.134. The van der Waals surface area contributed by atoms with E-state index in [9.17, 15) is 14.4 Å². The van der Waals surface area contributed by atoms with E-state index in [2.05, 4.69) is 21.8 Å². The van der Waals surface area contributed by atoms with Crippen LogP contribution < -0.4 is 10.6 Å². The minimum atomic E-state index is -0.978. The van der Waals surface area contributed by atoms with Gasteiger partial charge in [-0.1, -0.05) is 42.0 Å². The molecule has 1 fully saturated rings. The molecule has 0 radical (unpaired) electrons. The molecule has 1 atom stereocenters. The van der Waals surface area contributed by atoms with Crippen molar-refractivity contribution in [2.75, 3.05) is 11.9 Å². The van der Waals surface area contributed by atoms with E-state index in [1.807, 2.05) is 63.2 Å². The summed E-state index contributed by atoms with van der Waals surface area (Å²) in [7, 11) is 0. The average Bonchev–Trinajstić information content (AvgIpc) is 3.22. The Labute approximate surface area is 197 Å². The zero-order valence-electron chi connectivity index (χ0n) is 19.5. The highest BCUT2D eigenvalue weighted by atomic mass is 16.2. The Morgan fingerprint density at radius 3 is 2.50 bits per heavy atom. The fourth-order valence-electron chi connectivity index (χ4n) is 4.93. The van der Waals surface area contributed by atoms with E-state index in [0.717, 1.165) is 27.4 Å². The molecular formula is C26H27N5O3. The van der Waals surface area contributed by atoms with E-state index in [4.69, 9.17) is 0 Å². The van der Waals surface area contributed by atoms with Crippen LogP contribution >= 0.6 is 0 Å². The maximum atomic E-state index is 13.3. The Balaban J connectivity index is 1.31. The number of benzene rings is 2. The molecule has 1 spiro atoms. The Morgan fingerprint density at radius 1 is 1.06 bits per heavy atom. The van der Waals surface area contributed by atoms with Gasteiger partial charge in [-0.25, -0.2) is 9.48 Å². The van der Waals surface area contributed by atoms with Crippen molar-refractivity contribution in [3.63, 3.8) is 0 Å². The Bertz CT molecular complexity index is 1310. The normalized spacial score (nSPS) is 19.3. The van der Waals surface area contributed by atoms with E-state index in [1.165, 1.54) is 5.56 Å². The van der Waals surface area contributed by atoms with E-state index >= 15 is 0 Å². The van der Waals surface area contributed by atoms with Crippen molar-refractivity contribution in [2.45, 2.75) is 45.6 Å². The molecule has 1 aliphatic carbocycles. The van der Waals surface area contributed by atoms with Crippen LogP contribution in [0.15, 0.2) is 48.5 Å². The number of amides is 4. The van der Waals surface area contributed by atoms with Gasteiger partial charge in [0.1, 0.15) is 12.1 Å². The third-order valence-electron chi connectivity index (χ3n) is 6.81. The third kappa shape index (κ3) is 3.65. The summed E-state index contributed by atoms with van der Waals surface area (Å²) in [5.41, 5.74) is 5.32. The Hall–Kier alpha value is -3.94. The molecule has 2 aliphatic rings. The molecule has 174 valence electrons. The summed E-state index contributed by atoms with van der Waals surface area (Å²) in [5.74, 6) is -0.780. The maximum Gasteiger partial charge on any atom is 0.325 e. The number of rotatable bonds is 4. The standard InChI is InChI=1S/C26H27N5O3/c1-16-8-10-21(11-9-16)31-18(3)23(17(2)29-31)27-22(32)15-30-24(33)26(28-25(30)34)13-12-19-6-4-5-7-20(19)14-26/h4-11H,12-15H2,1-3H3,(H,27,32)(H,28,34). The lowest BCUT2D eigenvalue weighted by Gasteiger charge is -2.32. The number of hydrogen-bond acceptors (Lipinski definition) is 4. The van der Waals surface area contributed by atoms with Crippen molar-refractivity contribution < 1.29 is 14.4 Å². The van der Waals surface area contributed by atoms with E-state index in [1.54, 1.807) is 4.68 Å². The van der Waals surface area contributed by atoms with E-state index in [-0.39, 0.29) is 12.5 Å². The number of imide groups is 1. The van der Waals surface area contributed by atoms with Gasteiger partial charge >= 0.3 is 6.03 Å². The first-order valence-electron chi connectivity index (χ1n) is 11.4. The van der Waals surface area contributed by atoms with E-state index in [0.29, 0.717) is 30.6 Å². The molecule has 8 heteroatoms. The molecule has 5 rings (SSSR count). The fraction of sp³-hybridized carbons (Fsp3) is 0.308. The van der Waals surface area contributed by atoms with Crippen molar-refractivity contribution in [1.29, 1.82) is 0 Å². The molecule has 1 unspecified atom stereocenters. The Morgan fingerprint density at radius 2 is 1.76 bits per heavy atom. The molecule has 0 bridgehead atoms. The highest BCUT2D eigenvalue weighted by Gasteiger charge is 2.52. The van der Waals surface area contributed by atoms with Crippen molar-refractivity contribution in [3.05, 3.63) is 76.6 Å². The molecule has 1 saturated heterocycles. The van der Waals surface area contributed by atoms with Gasteiger partial charge in [0, 0.05) is 6.42 Å². The van der Waals surface area contributed by atoms with Gasteiger partial charge in [-0.15, -0.1) is 0 Å². The number of carbonyl (C=O) groups excluding carboxylic acids is 3. The molecule has 2 N–H and O–H groups in total. The number of aromatic nitrogens is 2. The second kappa shape index (κ2) is 8.13. The van der Waals surface area contributed by atoms with Crippen LogP contribution in [0.1, 0.15) is 34.5 Å². The summed E-state index contributed by atoms with van der Waals surface area (Å²) in [6, 6.07) is 15.4. The number of aryl methyl sites for hydroxylation is 3. The molecule has 2 aromatic carbocycles. The molecule has 8 nitrogen and oxygen atoms in total. The number of fused-ring (bicyclic) bond motifs is 1. The zero-order valence-corrected chi connectivity index (χ0v) is 19.5. The zero-order chi connectivity index (χ0) is 24.0. The predicted octanol–water partition coefficient (Wildman–Crippen LogP) is 3.22. The van der Waals surface area contributed by atoms with Crippen LogP contribution in [0.3, 0.4) is 0 Å². The predicted molar refractivity (Wildman–Crippen MR) is 128 cm³/mol. The molecule has 3 aromatic rings. The number of hydrogen-bond donors (Lipinski definition) is 2. The molecule has 0 saturated carbocycles. The first-order chi connectivity index (χ1) is 16.3. The lowest BCUT2D eigenvalue weighted by atomic mass is 9.78. The van der Waals surface area contributed by atoms with Crippen LogP contribution in [-0.2, 0) is 22.4 Å². The number of anilines is 1. The topological polar surface area (TPSA) is 96.3 Å². The highest BCUT2D eigenvalue weighted by molar-refractivity contribution is 6.10. The van der Waals surface area contributed by atoms with Crippen LogP contribution in [0.25, 0.3) is 5.69 Å². The van der Waals surface area contributed by atoms with Crippen molar-refractivity contribution >= 4 is 23.5 Å². The van der Waals surface area contributed by atoms with Gasteiger partial charge in [0.2, 0.25) is 5.91 Å². The maximum absolute atomic E-state index is 13.3. The average molecular weight is 458 g/mol. The second-order valence-corrected chi connectivity index (χ2v) is 9.19. The van der Waals surface area contributed by atoms with Gasteiger partial charge < -0.3 is 10.6 Å². The SMILES string of the molecule is Cc1ccc(-n2nc(C)c(NC(=O)CN3C(=O)NC4(CCc5ccccc5C4)C3=O)c2C)cc1. The molecule has 2 heterocycles. The van der Waals surface area contributed by atoms with Gasteiger partial charge in [-0.2, -0.15) is 5.10 Å². The largest absolute Gasteiger partial charge is 0.325 e. The summed E-state index contributed by atoms with van der Waals surface area (Å²) in [6.45, 7) is 5.36. The first kappa shape index (κ1) is 21.9. The second-order valence-electron chi connectivity index (χ2n) is 9.19. The van der Waals surface area contributed by atoms with E-state index < -0.39 is 17.5 Å². The van der Waals surface area contributed by atoms with Gasteiger partial charge in [0.15, 0.2) is 0 Å². The van der Waals surface area contributed by atoms with Crippen molar-refractivity contribution in [3.8, 4) is 5.69 Å².